The van der Waals surface area contributed by atoms with E-state index in [1.807, 2.05) is 0 Å². The zero-order valence-corrected chi connectivity index (χ0v) is 36.1. The second-order valence-corrected chi connectivity index (χ2v) is 18.3. The number of anilines is 3. The van der Waals surface area contributed by atoms with Crippen LogP contribution in [-0.2, 0) is 5.41 Å². The fraction of sp³-hybridized carbons (Fsp3) is 0.0476. The minimum atomic E-state index is -0.170. The Balaban J connectivity index is 1.09. The molecule has 65 heavy (non-hydrogen) atoms. The summed E-state index contributed by atoms with van der Waals surface area (Å²) < 4.78 is 7.27. The number of fused-ring (bicyclic) bond motifs is 16. The van der Waals surface area contributed by atoms with Crippen LogP contribution in [-0.4, -0.2) is 0 Å². The van der Waals surface area contributed by atoms with E-state index in [-0.39, 0.29) is 5.41 Å². The van der Waals surface area contributed by atoms with Crippen LogP contribution in [0.4, 0.5) is 17.1 Å². The van der Waals surface area contributed by atoms with Crippen molar-refractivity contribution in [3.05, 3.63) is 223 Å². The third kappa shape index (κ3) is 5.11. The van der Waals surface area contributed by atoms with Crippen LogP contribution in [0.1, 0.15) is 25.0 Å². The fourth-order valence-corrected chi connectivity index (χ4v) is 11.6. The molecule has 1 heterocycles. The SMILES string of the molecule is CC1(C)c2ccccc2-c2ccc(N(c3ccc4c5ccccc5c5ccccc5c4c3)c3cccc4oc5c(-c6cc7ccccc7c7ccccc67)c6ccccc6cc5c34)cc21. The molecule has 0 fully saturated rings. The molecular weight excluding hydrogens is 787 g/mol. The van der Waals surface area contributed by atoms with Gasteiger partial charge in [-0.05, 0) is 141 Å². The molecule has 12 aromatic carbocycles. The molecule has 0 saturated heterocycles. The monoisotopic (exact) mass is 827 g/mol. The van der Waals surface area contributed by atoms with Crippen LogP contribution >= 0.6 is 0 Å². The molecule has 0 radical (unpaired) electrons. The molecule has 0 saturated carbocycles. The summed E-state index contributed by atoms with van der Waals surface area (Å²) in [4.78, 5) is 2.49. The lowest BCUT2D eigenvalue weighted by Gasteiger charge is -2.29. The largest absolute Gasteiger partial charge is 0.455 e. The quantitative estimate of drug-likeness (QED) is 0.164. The van der Waals surface area contributed by atoms with Gasteiger partial charge in [0.15, 0.2) is 0 Å². The molecule has 0 bridgehead atoms. The first kappa shape index (κ1) is 36.3. The number of hydrogen-bond donors (Lipinski definition) is 0. The Morgan fingerprint density at radius 2 is 0.892 bits per heavy atom. The van der Waals surface area contributed by atoms with Gasteiger partial charge in [0, 0.05) is 27.7 Å². The number of benzene rings is 12. The van der Waals surface area contributed by atoms with Gasteiger partial charge in [-0.15, -0.1) is 0 Å². The maximum Gasteiger partial charge on any atom is 0.143 e. The molecule has 0 atom stereocenters. The first-order chi connectivity index (χ1) is 32.0. The molecule has 2 heteroatoms. The van der Waals surface area contributed by atoms with Gasteiger partial charge >= 0.3 is 0 Å². The summed E-state index contributed by atoms with van der Waals surface area (Å²) in [6.45, 7) is 4.74. The van der Waals surface area contributed by atoms with E-state index in [1.165, 1.54) is 92.5 Å². The number of hydrogen-bond acceptors (Lipinski definition) is 2. The predicted molar refractivity (Wildman–Crippen MR) is 276 cm³/mol. The van der Waals surface area contributed by atoms with E-state index in [4.69, 9.17) is 4.42 Å². The molecule has 0 spiro atoms. The van der Waals surface area contributed by atoms with Crippen molar-refractivity contribution in [1.29, 1.82) is 0 Å². The maximum atomic E-state index is 7.27. The van der Waals surface area contributed by atoms with E-state index in [0.717, 1.165) is 44.6 Å². The van der Waals surface area contributed by atoms with Gasteiger partial charge in [-0.25, -0.2) is 0 Å². The molecule has 13 aromatic rings. The second-order valence-electron chi connectivity index (χ2n) is 18.3. The minimum absolute atomic E-state index is 0.170. The Hall–Kier alpha value is -8.20. The van der Waals surface area contributed by atoms with Gasteiger partial charge in [-0.3, -0.25) is 0 Å². The Kier molecular flexibility index (Phi) is 7.49. The first-order valence-electron chi connectivity index (χ1n) is 22.7. The van der Waals surface area contributed by atoms with E-state index in [0.29, 0.717) is 0 Å². The van der Waals surface area contributed by atoms with Gasteiger partial charge in [0.1, 0.15) is 11.2 Å². The topological polar surface area (TPSA) is 16.4 Å². The summed E-state index contributed by atoms with van der Waals surface area (Å²) in [5.41, 5.74) is 12.5. The summed E-state index contributed by atoms with van der Waals surface area (Å²) in [6.07, 6.45) is 0. The van der Waals surface area contributed by atoms with E-state index in [1.54, 1.807) is 0 Å². The van der Waals surface area contributed by atoms with Crippen molar-refractivity contribution >= 4 is 104 Å². The van der Waals surface area contributed by atoms with E-state index in [2.05, 4.69) is 231 Å². The van der Waals surface area contributed by atoms with Crippen molar-refractivity contribution in [3.8, 4) is 22.3 Å². The summed E-state index contributed by atoms with van der Waals surface area (Å²) >= 11 is 0. The molecule has 14 rings (SSSR count). The van der Waals surface area contributed by atoms with Crippen molar-refractivity contribution in [1.82, 2.24) is 0 Å². The van der Waals surface area contributed by atoms with Gasteiger partial charge in [0.25, 0.3) is 0 Å². The number of furan rings is 1. The minimum Gasteiger partial charge on any atom is -0.455 e. The van der Waals surface area contributed by atoms with E-state index in [9.17, 15) is 0 Å². The molecule has 2 nitrogen and oxygen atoms in total. The van der Waals surface area contributed by atoms with Crippen molar-refractivity contribution < 1.29 is 4.42 Å². The van der Waals surface area contributed by atoms with Crippen LogP contribution < -0.4 is 4.90 Å². The Labute approximate surface area is 376 Å². The molecular formula is C63H41NO. The van der Waals surface area contributed by atoms with Crippen LogP contribution in [0.5, 0.6) is 0 Å². The van der Waals surface area contributed by atoms with Gasteiger partial charge in [-0.2, -0.15) is 0 Å². The molecule has 0 aliphatic heterocycles. The Bertz CT molecular complexity index is 4130. The summed E-state index contributed by atoms with van der Waals surface area (Å²) in [6, 6.07) is 78.5. The lowest BCUT2D eigenvalue weighted by molar-refractivity contribution is 0.660. The number of rotatable bonds is 4. The second kappa shape index (κ2) is 13.4. The fourth-order valence-electron chi connectivity index (χ4n) is 11.6. The van der Waals surface area contributed by atoms with Gasteiger partial charge in [0.2, 0.25) is 0 Å². The van der Waals surface area contributed by atoms with Crippen LogP contribution in [0.3, 0.4) is 0 Å². The molecule has 304 valence electrons. The van der Waals surface area contributed by atoms with Crippen LogP contribution in [0.25, 0.3) is 109 Å². The Morgan fingerprint density at radius 3 is 1.63 bits per heavy atom. The lowest BCUT2D eigenvalue weighted by Crippen LogP contribution is -2.16. The Morgan fingerprint density at radius 1 is 0.354 bits per heavy atom. The molecule has 0 amide bonds. The van der Waals surface area contributed by atoms with Gasteiger partial charge in [-0.1, -0.05) is 178 Å². The molecule has 1 aliphatic rings. The molecule has 1 aromatic heterocycles. The standard InChI is InChI=1S/C63H41NO/c1-63(2)56-27-14-13-26-51(56)52-33-31-41(37-57(52)63)64(40-30-32-50-47-23-9-8-21-45(47)46-22-10-11-24-48(46)53(50)36-40)58-28-15-29-59-61(58)55-35-39-17-4-6-19-43(39)60(62(55)65-59)54-34-38-16-3-5-18-42(38)44-20-7-12-25-49(44)54/h3-37H,1-2H3. The molecule has 1 aliphatic carbocycles. The van der Waals surface area contributed by atoms with Crippen molar-refractivity contribution in [2.75, 3.05) is 4.90 Å². The smallest absolute Gasteiger partial charge is 0.143 e. The normalized spacial score (nSPS) is 13.2. The highest BCUT2D eigenvalue weighted by molar-refractivity contribution is 6.27. The molecule has 0 N–H and O–H groups in total. The average Bonchev–Trinajstić information content (AvgIpc) is 3.84. The predicted octanol–water partition coefficient (Wildman–Crippen LogP) is 17.9. The van der Waals surface area contributed by atoms with Crippen molar-refractivity contribution in [2.45, 2.75) is 19.3 Å². The van der Waals surface area contributed by atoms with Crippen LogP contribution in [0, 0.1) is 0 Å². The number of nitrogens with zero attached hydrogens (tertiary/aromatic N) is 1. The third-order valence-electron chi connectivity index (χ3n) is 14.6. The summed E-state index contributed by atoms with van der Waals surface area (Å²) in [5.74, 6) is 0. The van der Waals surface area contributed by atoms with Crippen LogP contribution in [0.2, 0.25) is 0 Å². The van der Waals surface area contributed by atoms with Gasteiger partial charge in [0.05, 0.1) is 11.1 Å². The van der Waals surface area contributed by atoms with Crippen LogP contribution in [0.15, 0.2) is 217 Å². The van der Waals surface area contributed by atoms with E-state index >= 15 is 0 Å². The van der Waals surface area contributed by atoms with Crippen molar-refractivity contribution in [3.63, 3.8) is 0 Å². The first-order valence-corrected chi connectivity index (χ1v) is 22.7. The highest BCUT2D eigenvalue weighted by Crippen LogP contribution is 2.53. The lowest BCUT2D eigenvalue weighted by atomic mass is 9.82. The highest BCUT2D eigenvalue weighted by atomic mass is 16.3. The molecule has 0 unspecified atom stereocenters. The maximum absolute atomic E-state index is 7.27. The van der Waals surface area contributed by atoms with Gasteiger partial charge < -0.3 is 9.32 Å². The van der Waals surface area contributed by atoms with E-state index < -0.39 is 0 Å². The highest BCUT2D eigenvalue weighted by Gasteiger charge is 2.36. The van der Waals surface area contributed by atoms with Crippen molar-refractivity contribution in [2.24, 2.45) is 0 Å². The third-order valence-corrected chi connectivity index (χ3v) is 14.6. The zero-order valence-electron chi connectivity index (χ0n) is 36.1. The zero-order chi connectivity index (χ0) is 43.0. The average molecular weight is 828 g/mol. The summed E-state index contributed by atoms with van der Waals surface area (Å²) in [5, 5.41) is 17.0. The summed E-state index contributed by atoms with van der Waals surface area (Å²) in [7, 11) is 0.